The number of ether oxygens (including phenoxy) is 2. The van der Waals surface area contributed by atoms with Crippen LogP contribution in [0.1, 0.15) is 49.5 Å². The molecule has 7 heteroatoms. The fourth-order valence-corrected chi connectivity index (χ4v) is 3.63. The standard InChI is InChI=1S/C20H24BrNO5/c1-11-7-12(5-6-14(11)21)17(23)10-26-18(24)16-9-13-8-15(13)22(16)19(25)27-20(2,3)4/h5-7,13,15-16H,8-10H2,1-4H3/t13?,15?,16-/m0/s1. The normalized spacial score (nSPS) is 23.6. The molecule has 1 heterocycles. The number of carbonyl (C=O) groups excluding carboxylic acids is 3. The SMILES string of the molecule is Cc1cc(C(=O)COC(=O)[C@@H]2CC3CC3N2C(=O)OC(C)(C)C)ccc1Br. The monoisotopic (exact) mass is 437 g/mol. The maximum atomic E-state index is 12.5. The van der Waals surface area contributed by atoms with Gasteiger partial charge in [-0.1, -0.05) is 22.0 Å². The first-order valence-electron chi connectivity index (χ1n) is 9.04. The van der Waals surface area contributed by atoms with Crippen LogP contribution in [0, 0.1) is 12.8 Å². The molecule has 0 radical (unpaired) electrons. The third-order valence-electron chi connectivity index (χ3n) is 4.81. The van der Waals surface area contributed by atoms with Gasteiger partial charge in [0.15, 0.2) is 12.4 Å². The Bertz CT molecular complexity index is 785. The summed E-state index contributed by atoms with van der Waals surface area (Å²) in [5, 5.41) is 0. The highest BCUT2D eigenvalue weighted by Crippen LogP contribution is 2.48. The summed E-state index contributed by atoms with van der Waals surface area (Å²) in [5.41, 5.74) is 0.786. The van der Waals surface area contributed by atoms with Crippen LogP contribution in [0.4, 0.5) is 4.79 Å². The fourth-order valence-electron chi connectivity index (χ4n) is 3.38. The largest absolute Gasteiger partial charge is 0.456 e. The van der Waals surface area contributed by atoms with Crippen LogP contribution in [-0.2, 0) is 14.3 Å². The van der Waals surface area contributed by atoms with Crippen molar-refractivity contribution in [3.8, 4) is 0 Å². The van der Waals surface area contributed by atoms with Crippen molar-refractivity contribution in [2.24, 2.45) is 5.92 Å². The molecule has 2 unspecified atom stereocenters. The van der Waals surface area contributed by atoms with Crippen molar-refractivity contribution in [3.63, 3.8) is 0 Å². The quantitative estimate of drug-likeness (QED) is 0.527. The number of hydrogen-bond donors (Lipinski definition) is 0. The molecule has 3 atom stereocenters. The topological polar surface area (TPSA) is 72.9 Å². The average Bonchev–Trinajstić information content (AvgIpc) is 3.22. The van der Waals surface area contributed by atoms with E-state index in [0.717, 1.165) is 16.5 Å². The number of rotatable bonds is 4. The minimum atomic E-state index is -0.678. The molecule has 0 aromatic heterocycles. The van der Waals surface area contributed by atoms with Crippen LogP contribution in [0.15, 0.2) is 22.7 Å². The average molecular weight is 438 g/mol. The zero-order valence-corrected chi connectivity index (χ0v) is 17.5. The highest BCUT2D eigenvalue weighted by atomic mass is 79.9. The van der Waals surface area contributed by atoms with Crippen LogP contribution in [0.25, 0.3) is 0 Å². The number of piperidine rings is 1. The van der Waals surface area contributed by atoms with E-state index in [1.54, 1.807) is 39.0 Å². The lowest BCUT2D eigenvalue weighted by molar-refractivity contribution is -0.148. The molecule has 146 valence electrons. The van der Waals surface area contributed by atoms with Gasteiger partial charge in [0, 0.05) is 16.1 Å². The van der Waals surface area contributed by atoms with Crippen molar-refractivity contribution < 1.29 is 23.9 Å². The van der Waals surface area contributed by atoms with Crippen LogP contribution >= 0.6 is 15.9 Å². The van der Waals surface area contributed by atoms with E-state index in [4.69, 9.17) is 9.47 Å². The lowest BCUT2D eigenvalue weighted by Gasteiger charge is -2.29. The van der Waals surface area contributed by atoms with E-state index in [1.807, 2.05) is 6.92 Å². The molecular formula is C20H24BrNO5. The first kappa shape index (κ1) is 19.9. The zero-order chi connectivity index (χ0) is 19.9. The second-order valence-corrected chi connectivity index (χ2v) is 9.05. The number of aryl methyl sites for hydroxylation is 1. The summed E-state index contributed by atoms with van der Waals surface area (Å²) < 4.78 is 11.6. The minimum Gasteiger partial charge on any atom is -0.456 e. The van der Waals surface area contributed by atoms with Crippen LogP contribution in [0.2, 0.25) is 0 Å². The molecule has 1 aliphatic heterocycles. The molecule has 1 amide bonds. The van der Waals surface area contributed by atoms with Crippen molar-refractivity contribution in [1.82, 2.24) is 4.90 Å². The predicted octanol–water partition coefficient (Wildman–Crippen LogP) is 3.88. The van der Waals surface area contributed by atoms with Gasteiger partial charge >= 0.3 is 12.1 Å². The molecule has 27 heavy (non-hydrogen) atoms. The van der Waals surface area contributed by atoms with E-state index in [9.17, 15) is 14.4 Å². The Morgan fingerprint density at radius 2 is 1.93 bits per heavy atom. The summed E-state index contributed by atoms with van der Waals surface area (Å²) >= 11 is 3.39. The van der Waals surface area contributed by atoms with Gasteiger partial charge in [-0.25, -0.2) is 9.59 Å². The highest BCUT2D eigenvalue weighted by molar-refractivity contribution is 9.10. The summed E-state index contributed by atoms with van der Waals surface area (Å²) in [6.07, 6.45) is 0.957. The van der Waals surface area contributed by atoms with Crippen molar-refractivity contribution in [1.29, 1.82) is 0 Å². The number of likely N-dealkylation sites (tertiary alicyclic amines) is 1. The van der Waals surface area contributed by atoms with Gasteiger partial charge < -0.3 is 9.47 Å². The van der Waals surface area contributed by atoms with Gasteiger partial charge in [-0.3, -0.25) is 9.69 Å². The molecule has 2 aliphatic rings. The third kappa shape index (κ3) is 4.51. The molecule has 0 bridgehead atoms. The van der Waals surface area contributed by atoms with Crippen molar-refractivity contribution >= 4 is 33.8 Å². The lowest BCUT2D eigenvalue weighted by atomic mass is 10.1. The number of nitrogens with zero attached hydrogens (tertiary/aromatic N) is 1. The fraction of sp³-hybridized carbons (Fsp3) is 0.550. The molecule has 1 aromatic rings. The first-order chi connectivity index (χ1) is 12.6. The van der Waals surface area contributed by atoms with E-state index in [1.165, 1.54) is 4.90 Å². The summed E-state index contributed by atoms with van der Waals surface area (Å²) in [6.45, 7) is 6.91. The Morgan fingerprint density at radius 3 is 2.56 bits per heavy atom. The lowest BCUT2D eigenvalue weighted by Crippen LogP contribution is -2.46. The van der Waals surface area contributed by atoms with Crippen LogP contribution in [0.5, 0.6) is 0 Å². The Balaban J connectivity index is 1.60. The molecule has 6 nitrogen and oxygen atoms in total. The van der Waals surface area contributed by atoms with Gasteiger partial charge in [0.2, 0.25) is 0 Å². The molecule has 1 aliphatic carbocycles. The number of Topliss-reactive ketones (excluding diaryl/α,β-unsaturated/α-hetero) is 1. The van der Waals surface area contributed by atoms with Gasteiger partial charge in [0.05, 0.1) is 0 Å². The van der Waals surface area contributed by atoms with Crippen molar-refractivity contribution in [2.45, 2.75) is 58.2 Å². The maximum Gasteiger partial charge on any atom is 0.411 e. The number of carbonyl (C=O) groups is 3. The molecular weight excluding hydrogens is 414 g/mol. The number of halogens is 1. The first-order valence-corrected chi connectivity index (χ1v) is 9.83. The molecule has 2 fully saturated rings. The summed E-state index contributed by atoms with van der Waals surface area (Å²) in [6, 6.07) is 4.59. The molecule has 0 N–H and O–H groups in total. The smallest absolute Gasteiger partial charge is 0.411 e. The Morgan fingerprint density at radius 1 is 1.22 bits per heavy atom. The van der Waals surface area contributed by atoms with Crippen LogP contribution in [0.3, 0.4) is 0 Å². The number of esters is 1. The predicted molar refractivity (Wildman–Crippen MR) is 103 cm³/mol. The second kappa shape index (κ2) is 7.26. The zero-order valence-electron chi connectivity index (χ0n) is 16.0. The van der Waals surface area contributed by atoms with E-state index >= 15 is 0 Å². The van der Waals surface area contributed by atoms with Gasteiger partial charge in [-0.15, -0.1) is 0 Å². The molecule has 0 spiro atoms. The van der Waals surface area contributed by atoms with Crippen molar-refractivity contribution in [2.75, 3.05) is 6.61 Å². The maximum absolute atomic E-state index is 12.5. The van der Waals surface area contributed by atoms with Gasteiger partial charge in [0.25, 0.3) is 0 Å². The van der Waals surface area contributed by atoms with Crippen LogP contribution < -0.4 is 0 Å². The Labute approximate surface area is 167 Å². The van der Waals surface area contributed by atoms with Crippen LogP contribution in [-0.4, -0.2) is 47.0 Å². The van der Waals surface area contributed by atoms with E-state index < -0.39 is 23.7 Å². The van der Waals surface area contributed by atoms with Gasteiger partial charge in [0.1, 0.15) is 11.6 Å². The van der Waals surface area contributed by atoms with Crippen molar-refractivity contribution in [3.05, 3.63) is 33.8 Å². The number of ketones is 1. The van der Waals surface area contributed by atoms with E-state index in [2.05, 4.69) is 15.9 Å². The number of hydrogen-bond acceptors (Lipinski definition) is 5. The Hall–Kier alpha value is -1.89. The van der Waals surface area contributed by atoms with E-state index in [0.29, 0.717) is 17.9 Å². The van der Waals surface area contributed by atoms with Gasteiger partial charge in [-0.05, 0) is 64.2 Å². The van der Waals surface area contributed by atoms with E-state index in [-0.39, 0.29) is 18.4 Å². The molecule has 1 saturated carbocycles. The number of benzene rings is 1. The molecule has 1 aromatic carbocycles. The summed E-state index contributed by atoms with van der Waals surface area (Å²) in [4.78, 5) is 38.8. The highest BCUT2D eigenvalue weighted by Gasteiger charge is 2.57. The second-order valence-electron chi connectivity index (χ2n) is 8.20. The molecule has 1 saturated heterocycles. The minimum absolute atomic E-state index is 0.0437. The molecule has 3 rings (SSSR count). The van der Waals surface area contributed by atoms with Gasteiger partial charge in [-0.2, -0.15) is 0 Å². The number of fused-ring (bicyclic) bond motifs is 1. The summed E-state index contributed by atoms with van der Waals surface area (Å²) in [5.74, 6) is -0.499. The number of amides is 1. The Kier molecular flexibility index (Phi) is 5.34. The third-order valence-corrected chi connectivity index (χ3v) is 5.70. The summed E-state index contributed by atoms with van der Waals surface area (Å²) in [7, 11) is 0.